The fourth-order valence-corrected chi connectivity index (χ4v) is 8.52. The van der Waals surface area contributed by atoms with Gasteiger partial charge in [-0.3, -0.25) is 4.21 Å². The first-order valence-electron chi connectivity index (χ1n) is 11.6. The van der Waals surface area contributed by atoms with E-state index in [-0.39, 0.29) is 22.6 Å². The van der Waals surface area contributed by atoms with Crippen LogP contribution in [0.5, 0.6) is 0 Å². The van der Waals surface area contributed by atoms with Crippen LogP contribution in [0.4, 0.5) is 0 Å². The van der Waals surface area contributed by atoms with Crippen LogP contribution in [0.1, 0.15) is 52.0 Å². The minimum absolute atomic E-state index is 0.109. The smallest absolute Gasteiger partial charge is 0.215 e. The molecule has 2 saturated heterocycles. The van der Waals surface area contributed by atoms with Crippen molar-refractivity contribution in [1.29, 1.82) is 0 Å². The summed E-state index contributed by atoms with van der Waals surface area (Å²) in [6, 6.07) is 10.7. The average Bonchev–Trinajstić information content (AvgIpc) is 2.97. The first-order valence-corrected chi connectivity index (χ1v) is 14.5. The molecule has 0 saturated carbocycles. The van der Waals surface area contributed by atoms with Gasteiger partial charge in [0, 0.05) is 39.9 Å². The van der Waals surface area contributed by atoms with Crippen molar-refractivity contribution >= 4 is 20.8 Å². The molecule has 0 N–H and O–H groups in total. The van der Waals surface area contributed by atoms with E-state index >= 15 is 0 Å². The first-order chi connectivity index (χ1) is 14.5. The molecule has 0 amide bonds. The van der Waals surface area contributed by atoms with Gasteiger partial charge in [0.05, 0.1) is 5.75 Å². The van der Waals surface area contributed by atoms with Gasteiger partial charge in [-0.1, -0.05) is 30.3 Å². The van der Waals surface area contributed by atoms with Crippen LogP contribution in [0, 0.1) is 11.8 Å². The Morgan fingerprint density at radius 2 is 1.68 bits per heavy atom. The molecule has 1 aromatic carbocycles. The molecule has 176 valence electrons. The quantitative estimate of drug-likeness (QED) is 0.556. The van der Waals surface area contributed by atoms with Gasteiger partial charge in [-0.15, -0.1) is 0 Å². The molecule has 0 spiro atoms. The average molecular weight is 469 g/mol. The summed E-state index contributed by atoms with van der Waals surface area (Å²) in [5, 5.41) is 0. The van der Waals surface area contributed by atoms with Crippen LogP contribution in [0.2, 0.25) is 0 Å². The molecule has 5 nitrogen and oxygen atoms in total. The summed E-state index contributed by atoms with van der Waals surface area (Å²) in [7, 11) is -0.320. The van der Waals surface area contributed by atoms with E-state index in [2.05, 4.69) is 24.3 Å². The van der Waals surface area contributed by atoms with E-state index in [9.17, 15) is 12.6 Å². The summed E-state index contributed by atoms with van der Waals surface area (Å²) in [6.45, 7) is 6.70. The van der Waals surface area contributed by atoms with Gasteiger partial charge >= 0.3 is 0 Å². The third-order valence-electron chi connectivity index (χ3n) is 6.88. The molecule has 1 unspecified atom stereocenters. The van der Waals surface area contributed by atoms with Gasteiger partial charge in [-0.2, -0.15) is 4.31 Å². The number of nitrogens with zero attached hydrogens (tertiary/aromatic N) is 2. The second-order valence-corrected chi connectivity index (χ2v) is 14.9. The lowest BCUT2D eigenvalue weighted by Crippen LogP contribution is -2.50. The molecule has 1 aromatic rings. The molecular formula is C24H40N2O3S2. The third kappa shape index (κ3) is 6.40. The zero-order valence-corrected chi connectivity index (χ0v) is 21.4. The lowest BCUT2D eigenvalue weighted by atomic mass is 9.79. The Bertz CT molecular complexity index is 835. The molecule has 0 aromatic heterocycles. The van der Waals surface area contributed by atoms with Crippen LogP contribution < -0.4 is 0 Å². The highest BCUT2D eigenvalue weighted by atomic mass is 32.2. The number of hydrogen-bond donors (Lipinski definition) is 0. The van der Waals surface area contributed by atoms with Crippen LogP contribution >= 0.6 is 0 Å². The van der Waals surface area contributed by atoms with Crippen molar-refractivity contribution in [1.82, 2.24) is 9.21 Å². The molecule has 7 heteroatoms. The van der Waals surface area contributed by atoms with Crippen LogP contribution in [0.15, 0.2) is 30.3 Å². The van der Waals surface area contributed by atoms with Crippen molar-refractivity contribution in [3.63, 3.8) is 0 Å². The van der Waals surface area contributed by atoms with Gasteiger partial charge in [0.1, 0.15) is 0 Å². The van der Waals surface area contributed by atoms with Gasteiger partial charge < -0.3 is 4.90 Å². The van der Waals surface area contributed by atoms with Gasteiger partial charge in [-0.05, 0) is 84.4 Å². The molecule has 2 bridgehead atoms. The highest BCUT2D eigenvalue weighted by molar-refractivity contribution is 7.89. The highest BCUT2D eigenvalue weighted by Crippen LogP contribution is 2.44. The number of fused-ring (bicyclic) bond motifs is 2. The zero-order valence-electron chi connectivity index (χ0n) is 19.8. The fraction of sp³-hybridized carbons (Fsp3) is 0.750. The van der Waals surface area contributed by atoms with Crippen LogP contribution in [-0.4, -0.2) is 70.8 Å². The maximum absolute atomic E-state index is 13.1. The number of piperidine rings is 1. The molecular weight excluding hydrogens is 428 g/mol. The monoisotopic (exact) mass is 468 g/mol. The third-order valence-corrected chi connectivity index (χ3v) is 10.9. The van der Waals surface area contributed by atoms with Crippen molar-refractivity contribution in [2.45, 2.75) is 69.7 Å². The molecule has 31 heavy (non-hydrogen) atoms. The van der Waals surface area contributed by atoms with Crippen LogP contribution in [-0.2, 0) is 27.2 Å². The van der Waals surface area contributed by atoms with Gasteiger partial charge in [0.15, 0.2) is 0 Å². The Hall–Kier alpha value is -0.760. The van der Waals surface area contributed by atoms with E-state index in [1.807, 2.05) is 50.1 Å². The zero-order chi connectivity index (χ0) is 22.8. The topological polar surface area (TPSA) is 57.7 Å². The molecule has 0 radical (unpaired) electrons. The molecule has 2 fully saturated rings. The minimum atomic E-state index is -3.24. The highest BCUT2D eigenvalue weighted by Gasteiger charge is 2.48. The molecule has 3 rings (SSSR count). The second kappa shape index (κ2) is 10.0. The van der Waals surface area contributed by atoms with Gasteiger partial charge in [0.2, 0.25) is 10.0 Å². The molecule has 5 atom stereocenters. The predicted octanol–water partition coefficient (Wildman–Crippen LogP) is 3.53. The van der Waals surface area contributed by atoms with Crippen LogP contribution in [0.3, 0.4) is 0 Å². The molecule has 0 aliphatic carbocycles. The summed E-state index contributed by atoms with van der Waals surface area (Å²) in [6.07, 6.45) is 4.64. The van der Waals surface area contributed by atoms with E-state index in [0.29, 0.717) is 24.1 Å². The second-order valence-electron chi connectivity index (χ2n) is 10.6. The number of sulfonamides is 1. The Balaban J connectivity index is 1.76. The molecule has 2 aliphatic rings. The maximum Gasteiger partial charge on any atom is 0.215 e. The maximum atomic E-state index is 13.1. The lowest BCUT2D eigenvalue weighted by Gasteiger charge is -2.41. The number of benzene rings is 1. The molecule has 2 aliphatic heterocycles. The predicted molar refractivity (Wildman–Crippen MR) is 130 cm³/mol. The van der Waals surface area contributed by atoms with E-state index < -0.39 is 20.8 Å². The number of rotatable bonds is 9. The van der Waals surface area contributed by atoms with Crippen LogP contribution in [0.25, 0.3) is 0 Å². The van der Waals surface area contributed by atoms with Gasteiger partial charge in [0.25, 0.3) is 0 Å². The standard InChI is InChI=1S/C24H40N2O3S2/c1-24(2,3)30(27)18-21(15-19-9-7-6-8-10-19)20-16-22-11-12-23(17-20)26(22)31(28,29)14-13-25(4)5/h6-10,20-23H,11-18H2,1-5H3/t20?,21-,22-,23+,30+/m0/s1. The Labute approximate surface area is 192 Å². The Morgan fingerprint density at radius 3 is 2.19 bits per heavy atom. The normalized spacial score (nSPS) is 26.8. The van der Waals surface area contributed by atoms with E-state index in [1.54, 1.807) is 0 Å². The van der Waals surface area contributed by atoms with E-state index in [0.717, 1.165) is 32.1 Å². The van der Waals surface area contributed by atoms with Crippen molar-refractivity contribution in [3.8, 4) is 0 Å². The van der Waals surface area contributed by atoms with Crippen molar-refractivity contribution < 1.29 is 12.6 Å². The minimum Gasteiger partial charge on any atom is -0.308 e. The lowest BCUT2D eigenvalue weighted by molar-refractivity contribution is 0.152. The fourth-order valence-electron chi connectivity index (χ4n) is 5.14. The largest absolute Gasteiger partial charge is 0.308 e. The summed E-state index contributed by atoms with van der Waals surface area (Å²) >= 11 is 0. The summed E-state index contributed by atoms with van der Waals surface area (Å²) < 4.78 is 40.8. The van der Waals surface area contributed by atoms with E-state index in [1.165, 1.54) is 5.56 Å². The SMILES string of the molecule is CN(C)CCS(=O)(=O)N1[C@@H]2CC[C@H]1CC([C@@H](Cc1ccccc1)C[S@@](=O)C(C)(C)C)C2. The Kier molecular flexibility index (Phi) is 8.04. The number of hydrogen-bond acceptors (Lipinski definition) is 4. The summed E-state index contributed by atoms with van der Waals surface area (Å²) in [4.78, 5) is 1.93. The first kappa shape index (κ1) is 24.9. The van der Waals surface area contributed by atoms with Crippen molar-refractivity contribution in [2.24, 2.45) is 11.8 Å². The van der Waals surface area contributed by atoms with Gasteiger partial charge in [-0.25, -0.2) is 8.42 Å². The molecule has 2 heterocycles. The van der Waals surface area contributed by atoms with E-state index in [4.69, 9.17) is 0 Å². The summed E-state index contributed by atoms with van der Waals surface area (Å²) in [5.74, 6) is 1.62. The van der Waals surface area contributed by atoms with Crippen molar-refractivity contribution in [3.05, 3.63) is 35.9 Å². The van der Waals surface area contributed by atoms with Crippen molar-refractivity contribution in [2.75, 3.05) is 32.1 Å². The summed E-state index contributed by atoms with van der Waals surface area (Å²) in [5.41, 5.74) is 1.28. The Morgan fingerprint density at radius 1 is 1.10 bits per heavy atom.